The van der Waals surface area contributed by atoms with Gasteiger partial charge in [-0.3, -0.25) is 13.7 Å². The van der Waals surface area contributed by atoms with E-state index in [4.69, 9.17) is 44.9 Å². The molecule has 81 heavy (non-hydrogen) atoms. The van der Waals surface area contributed by atoms with Crippen LogP contribution in [0.5, 0.6) is 0 Å². The maximum Gasteiger partial charge on any atom is 0.238 e. The molecule has 16 aromatic rings. The Labute approximate surface area is 462 Å². The van der Waals surface area contributed by atoms with E-state index in [2.05, 4.69) is 86.5 Å². The Bertz CT molecular complexity index is 4370. The predicted molar refractivity (Wildman–Crippen MR) is 322 cm³/mol. The van der Waals surface area contributed by atoms with Gasteiger partial charge in [0.25, 0.3) is 0 Å². The van der Waals surface area contributed by atoms with Crippen molar-refractivity contribution in [1.29, 1.82) is 0 Å². The lowest BCUT2D eigenvalue weighted by atomic mass is 10.0. The molecule has 0 unspecified atom stereocenters. The topological polar surface area (TPSA) is 131 Å². The third-order valence-electron chi connectivity index (χ3n) is 15.0. The molecule has 12 heteroatoms. The summed E-state index contributed by atoms with van der Waals surface area (Å²) in [5.74, 6) is 4.59. The lowest BCUT2D eigenvalue weighted by Gasteiger charge is -2.14. The molecule has 6 heterocycles. The SMILES string of the molecule is c1ccc(-c2nc(-c3ccccc3)nc(-n3c4ccccc4c4c3c3c5ccccc5n(-c5nc(-c6ccccc6)nc(-c6ccccc6)n5)c3c3c5ccccc5n(-c5nc(-c6ccccc6)nc(-c6ccccc6)n5)c43)n2)cc1. The number of nitrogens with zero attached hydrogens (tertiary/aromatic N) is 12. The van der Waals surface area contributed by atoms with Gasteiger partial charge in [-0.25, -0.2) is 15.0 Å². The van der Waals surface area contributed by atoms with E-state index < -0.39 is 0 Å². The Morgan fingerprint density at radius 1 is 0.185 bits per heavy atom. The number of benzene rings is 10. The Kier molecular flexibility index (Phi) is 10.6. The van der Waals surface area contributed by atoms with E-state index in [1.54, 1.807) is 0 Å². The summed E-state index contributed by atoms with van der Waals surface area (Å²) in [6.45, 7) is 0. The van der Waals surface area contributed by atoms with Gasteiger partial charge in [0.1, 0.15) is 0 Å². The van der Waals surface area contributed by atoms with Crippen molar-refractivity contribution in [3.63, 3.8) is 0 Å². The van der Waals surface area contributed by atoms with Crippen LogP contribution in [0.1, 0.15) is 0 Å². The second-order valence-corrected chi connectivity index (χ2v) is 19.8. The van der Waals surface area contributed by atoms with E-state index in [9.17, 15) is 0 Å². The van der Waals surface area contributed by atoms with Crippen molar-refractivity contribution in [2.24, 2.45) is 0 Å². The molecule has 0 amide bonds. The molecule has 0 atom stereocenters. The number of hydrogen-bond donors (Lipinski definition) is 0. The average molecular weight is 1040 g/mol. The minimum absolute atomic E-state index is 0.449. The molecule has 0 aliphatic heterocycles. The summed E-state index contributed by atoms with van der Waals surface area (Å²) in [7, 11) is 0. The molecule has 0 aliphatic rings. The second kappa shape index (κ2) is 18.7. The Hall–Kier alpha value is -11.4. The van der Waals surface area contributed by atoms with E-state index in [1.165, 1.54) is 0 Å². The minimum atomic E-state index is 0.449. The minimum Gasteiger partial charge on any atom is -0.277 e. The number of rotatable bonds is 9. The zero-order valence-electron chi connectivity index (χ0n) is 43.1. The van der Waals surface area contributed by atoms with Gasteiger partial charge in [0.05, 0.1) is 33.1 Å². The van der Waals surface area contributed by atoms with Gasteiger partial charge in [0.15, 0.2) is 34.9 Å². The molecule has 378 valence electrons. The summed E-state index contributed by atoms with van der Waals surface area (Å²) in [5, 5.41) is 5.77. The molecular weight excluding hydrogens is 997 g/mol. The van der Waals surface area contributed by atoms with Gasteiger partial charge in [-0.2, -0.15) is 29.9 Å². The van der Waals surface area contributed by atoms with Crippen LogP contribution in [0.3, 0.4) is 0 Å². The van der Waals surface area contributed by atoms with Gasteiger partial charge in [-0.15, -0.1) is 0 Å². The fourth-order valence-corrected chi connectivity index (χ4v) is 11.5. The molecule has 0 spiro atoms. The lowest BCUT2D eigenvalue weighted by Crippen LogP contribution is -2.08. The average Bonchev–Trinajstić information content (AvgIpc) is 2.35. The third-order valence-corrected chi connectivity index (χ3v) is 15.0. The first kappa shape index (κ1) is 45.8. The highest BCUT2D eigenvalue weighted by Gasteiger charge is 2.32. The Morgan fingerprint density at radius 2 is 0.370 bits per heavy atom. The van der Waals surface area contributed by atoms with E-state index in [0.717, 1.165) is 98.8 Å². The first-order valence-corrected chi connectivity index (χ1v) is 26.7. The number of aromatic nitrogens is 12. The highest BCUT2D eigenvalue weighted by molar-refractivity contribution is 6.40. The van der Waals surface area contributed by atoms with Gasteiger partial charge in [-0.1, -0.05) is 237 Å². The van der Waals surface area contributed by atoms with Crippen molar-refractivity contribution in [2.45, 2.75) is 0 Å². The van der Waals surface area contributed by atoms with E-state index in [1.807, 2.05) is 182 Å². The molecule has 0 fully saturated rings. The Morgan fingerprint density at radius 3 is 0.580 bits per heavy atom. The highest BCUT2D eigenvalue weighted by Crippen LogP contribution is 2.50. The van der Waals surface area contributed by atoms with Gasteiger partial charge in [0, 0.05) is 65.7 Å². The van der Waals surface area contributed by atoms with Crippen LogP contribution in [0, 0.1) is 0 Å². The van der Waals surface area contributed by atoms with Crippen LogP contribution in [-0.2, 0) is 0 Å². The van der Waals surface area contributed by atoms with Crippen molar-refractivity contribution in [1.82, 2.24) is 58.6 Å². The zero-order valence-corrected chi connectivity index (χ0v) is 43.1. The molecule has 10 aromatic carbocycles. The molecule has 12 nitrogen and oxygen atoms in total. The molecule has 0 N–H and O–H groups in total. The fraction of sp³-hybridized carbons (Fsp3) is 0. The summed E-state index contributed by atoms with van der Waals surface area (Å²) in [4.78, 5) is 48.3. The molecule has 0 bridgehead atoms. The summed E-state index contributed by atoms with van der Waals surface area (Å²) >= 11 is 0. The molecule has 0 saturated carbocycles. The molecular formula is C69H42N12. The maximum absolute atomic E-state index is 5.47. The van der Waals surface area contributed by atoms with Crippen LogP contribution < -0.4 is 0 Å². The highest BCUT2D eigenvalue weighted by atomic mass is 15.2. The van der Waals surface area contributed by atoms with Gasteiger partial charge >= 0.3 is 0 Å². The van der Waals surface area contributed by atoms with Crippen molar-refractivity contribution >= 4 is 65.4 Å². The predicted octanol–water partition coefficient (Wildman–Crippen LogP) is 15.5. The third kappa shape index (κ3) is 7.49. The molecule has 0 radical (unpaired) electrons. The van der Waals surface area contributed by atoms with E-state index in [-0.39, 0.29) is 0 Å². The van der Waals surface area contributed by atoms with Crippen molar-refractivity contribution in [2.75, 3.05) is 0 Å². The quantitative estimate of drug-likeness (QED) is 0.139. The van der Waals surface area contributed by atoms with Crippen LogP contribution in [0.2, 0.25) is 0 Å². The second-order valence-electron chi connectivity index (χ2n) is 19.8. The Balaban J connectivity index is 1.14. The van der Waals surface area contributed by atoms with Crippen molar-refractivity contribution in [3.05, 3.63) is 255 Å². The van der Waals surface area contributed by atoms with Crippen molar-refractivity contribution in [3.8, 4) is 86.2 Å². The van der Waals surface area contributed by atoms with Gasteiger partial charge in [0.2, 0.25) is 17.8 Å². The molecule has 0 saturated heterocycles. The zero-order chi connectivity index (χ0) is 53.4. The van der Waals surface area contributed by atoms with Crippen LogP contribution in [-0.4, -0.2) is 58.6 Å². The molecule has 0 aliphatic carbocycles. The molecule has 16 rings (SSSR count). The number of para-hydroxylation sites is 3. The summed E-state index contributed by atoms with van der Waals surface area (Å²) in [6, 6.07) is 86.2. The monoisotopic (exact) mass is 1040 g/mol. The first-order valence-electron chi connectivity index (χ1n) is 26.7. The van der Waals surface area contributed by atoms with E-state index in [0.29, 0.717) is 52.8 Å². The summed E-state index contributed by atoms with van der Waals surface area (Å²) < 4.78 is 6.67. The molecule has 6 aromatic heterocycles. The van der Waals surface area contributed by atoms with Crippen LogP contribution in [0.25, 0.3) is 152 Å². The van der Waals surface area contributed by atoms with E-state index >= 15 is 0 Å². The van der Waals surface area contributed by atoms with Crippen LogP contribution in [0.15, 0.2) is 255 Å². The normalized spacial score (nSPS) is 11.7. The summed E-state index contributed by atoms with van der Waals surface area (Å²) in [6.07, 6.45) is 0. The smallest absolute Gasteiger partial charge is 0.238 e. The fourth-order valence-electron chi connectivity index (χ4n) is 11.5. The maximum atomic E-state index is 5.47. The van der Waals surface area contributed by atoms with Gasteiger partial charge in [-0.05, 0) is 18.2 Å². The number of fused-ring (bicyclic) bond motifs is 12. The van der Waals surface area contributed by atoms with Gasteiger partial charge < -0.3 is 0 Å². The largest absolute Gasteiger partial charge is 0.277 e. The van der Waals surface area contributed by atoms with Crippen molar-refractivity contribution < 1.29 is 0 Å². The first-order chi connectivity index (χ1) is 40.2. The van der Waals surface area contributed by atoms with Crippen LogP contribution >= 0.6 is 0 Å². The standard InChI is InChI=1S/C69H42N12/c1-7-25-43(26-8-1)61-70-62(44-27-9-2-10-28-44)74-67(73-61)79-52-40-22-19-37-49(52)55-58(79)56-50-38-20-23-41-53(50)80(68-75-63(45-29-11-3-12-30-45)71-64(76-68)46-31-13-4-14-32-46)60(56)57-51-39-21-24-42-54(51)81(59(55)57)69-77-65(47-33-15-5-16-34-47)72-66(78-69)48-35-17-6-18-36-48/h1-42H. The number of hydrogen-bond acceptors (Lipinski definition) is 9. The lowest BCUT2D eigenvalue weighted by molar-refractivity contribution is 0.950. The summed E-state index contributed by atoms with van der Waals surface area (Å²) in [5.41, 5.74) is 10.4. The van der Waals surface area contributed by atoms with Crippen LogP contribution in [0.4, 0.5) is 0 Å².